The summed E-state index contributed by atoms with van der Waals surface area (Å²) in [6.45, 7) is 4.13. The van der Waals surface area contributed by atoms with Crippen molar-refractivity contribution in [1.29, 1.82) is 0 Å². The number of nitrogens with zero attached hydrogens (tertiary/aromatic N) is 2. The molecule has 0 saturated carbocycles. The number of hydrogen-bond donors (Lipinski definition) is 0. The van der Waals surface area contributed by atoms with Gasteiger partial charge >= 0.3 is 0 Å². The summed E-state index contributed by atoms with van der Waals surface area (Å²) in [5, 5.41) is 8.77. The zero-order chi connectivity index (χ0) is 14.1. The number of aryl methyl sites for hydroxylation is 2. The first-order valence-corrected chi connectivity index (χ1v) is 6.69. The van der Waals surface area contributed by atoms with E-state index in [-0.39, 0.29) is 0 Å². The average molecular weight is 285 g/mol. The van der Waals surface area contributed by atoms with Crippen LogP contribution in [0.3, 0.4) is 0 Å². The Morgan fingerprint density at radius 3 is 2.40 bits per heavy atom. The largest absolute Gasteiger partial charge is 0.416 e. The van der Waals surface area contributed by atoms with Crippen LogP contribution in [-0.2, 0) is 0 Å². The van der Waals surface area contributed by atoms with Crippen LogP contribution >= 0.6 is 11.6 Å². The van der Waals surface area contributed by atoms with E-state index in [0.717, 1.165) is 11.1 Å². The lowest BCUT2D eigenvalue weighted by Gasteiger charge is -2.01. The van der Waals surface area contributed by atoms with Crippen LogP contribution in [0.1, 0.15) is 11.1 Å². The number of aromatic nitrogens is 2. The van der Waals surface area contributed by atoms with Crippen molar-refractivity contribution in [2.75, 3.05) is 0 Å². The van der Waals surface area contributed by atoms with Gasteiger partial charge in [0.2, 0.25) is 11.8 Å². The molecule has 0 unspecified atom stereocenters. The monoisotopic (exact) mass is 284 g/mol. The minimum Gasteiger partial charge on any atom is -0.416 e. The Morgan fingerprint density at radius 1 is 0.900 bits per heavy atom. The minimum absolute atomic E-state index is 0.434. The summed E-state index contributed by atoms with van der Waals surface area (Å²) >= 11 is 6.13. The fraction of sp³-hybridized carbons (Fsp3) is 0.125. The Kier molecular flexibility index (Phi) is 3.28. The molecule has 0 aliphatic heterocycles. The van der Waals surface area contributed by atoms with Crippen LogP contribution in [0.2, 0.25) is 5.02 Å². The Bertz CT molecular complexity index is 765. The molecule has 4 heteroatoms. The van der Waals surface area contributed by atoms with Crippen LogP contribution in [0.5, 0.6) is 0 Å². The second kappa shape index (κ2) is 5.10. The fourth-order valence-electron chi connectivity index (χ4n) is 1.96. The Labute approximate surface area is 122 Å². The Hall–Kier alpha value is -2.13. The highest BCUT2D eigenvalue weighted by Crippen LogP contribution is 2.29. The van der Waals surface area contributed by atoms with Crippen molar-refractivity contribution in [3.8, 4) is 22.9 Å². The van der Waals surface area contributed by atoms with Gasteiger partial charge in [0.15, 0.2) is 0 Å². The third-order valence-electron chi connectivity index (χ3n) is 3.28. The summed E-state index contributed by atoms with van der Waals surface area (Å²) in [5.41, 5.74) is 4.09. The standard InChI is InChI=1S/C16H13ClN2O/c1-10-7-8-12(9-11(10)2)15-18-19-16(20-15)13-5-3-4-6-14(13)17/h3-9H,1-2H3. The first-order valence-electron chi connectivity index (χ1n) is 6.31. The molecule has 1 heterocycles. The molecule has 0 atom stereocenters. The molecule has 0 bridgehead atoms. The molecule has 1 aromatic heterocycles. The van der Waals surface area contributed by atoms with Crippen LogP contribution in [0, 0.1) is 13.8 Å². The van der Waals surface area contributed by atoms with E-state index in [4.69, 9.17) is 16.0 Å². The SMILES string of the molecule is Cc1ccc(-c2nnc(-c3ccccc3Cl)o2)cc1C. The second-order valence-electron chi connectivity index (χ2n) is 4.69. The van der Waals surface area contributed by atoms with E-state index in [1.165, 1.54) is 11.1 Å². The van der Waals surface area contributed by atoms with Gasteiger partial charge < -0.3 is 4.42 Å². The van der Waals surface area contributed by atoms with E-state index >= 15 is 0 Å². The molecule has 3 aromatic rings. The predicted octanol–water partition coefficient (Wildman–Crippen LogP) is 4.67. The van der Waals surface area contributed by atoms with E-state index in [1.807, 2.05) is 36.4 Å². The maximum atomic E-state index is 6.13. The zero-order valence-corrected chi connectivity index (χ0v) is 12.0. The molecule has 0 radical (unpaired) electrons. The maximum absolute atomic E-state index is 6.13. The van der Waals surface area contributed by atoms with E-state index in [2.05, 4.69) is 24.0 Å². The van der Waals surface area contributed by atoms with Crippen molar-refractivity contribution in [3.63, 3.8) is 0 Å². The lowest BCUT2D eigenvalue weighted by Crippen LogP contribution is -1.83. The molecule has 0 saturated heterocycles. The molecule has 0 fully saturated rings. The van der Waals surface area contributed by atoms with Gasteiger partial charge in [-0.3, -0.25) is 0 Å². The highest BCUT2D eigenvalue weighted by Gasteiger charge is 2.13. The van der Waals surface area contributed by atoms with Crippen molar-refractivity contribution in [3.05, 3.63) is 58.6 Å². The summed E-state index contributed by atoms with van der Waals surface area (Å²) in [5.74, 6) is 0.937. The average Bonchev–Trinajstić information content (AvgIpc) is 2.92. The van der Waals surface area contributed by atoms with E-state index in [0.29, 0.717) is 16.8 Å². The van der Waals surface area contributed by atoms with E-state index in [9.17, 15) is 0 Å². The molecule has 100 valence electrons. The molecule has 0 aliphatic carbocycles. The summed E-state index contributed by atoms with van der Waals surface area (Å²) in [6.07, 6.45) is 0. The van der Waals surface area contributed by atoms with Crippen molar-refractivity contribution in [2.24, 2.45) is 0 Å². The van der Waals surface area contributed by atoms with Gasteiger partial charge in [0.25, 0.3) is 0 Å². The molecule has 0 spiro atoms. The van der Waals surface area contributed by atoms with Gasteiger partial charge in [-0.2, -0.15) is 0 Å². The molecule has 0 aliphatic rings. The maximum Gasteiger partial charge on any atom is 0.249 e. The summed E-state index contributed by atoms with van der Waals surface area (Å²) in [6, 6.07) is 13.5. The molecular formula is C16H13ClN2O. The molecule has 0 amide bonds. The Balaban J connectivity index is 2.02. The third kappa shape index (κ3) is 2.32. The zero-order valence-electron chi connectivity index (χ0n) is 11.2. The van der Waals surface area contributed by atoms with E-state index in [1.54, 1.807) is 6.07 Å². The highest BCUT2D eigenvalue weighted by molar-refractivity contribution is 6.33. The van der Waals surface area contributed by atoms with Crippen molar-refractivity contribution >= 4 is 11.6 Å². The third-order valence-corrected chi connectivity index (χ3v) is 3.61. The van der Waals surface area contributed by atoms with Gasteiger partial charge in [0.1, 0.15) is 0 Å². The van der Waals surface area contributed by atoms with Gasteiger partial charge in [-0.15, -0.1) is 10.2 Å². The molecule has 3 nitrogen and oxygen atoms in total. The summed E-state index contributed by atoms with van der Waals surface area (Å²) in [7, 11) is 0. The fourth-order valence-corrected chi connectivity index (χ4v) is 2.17. The van der Waals surface area contributed by atoms with Gasteiger partial charge in [-0.05, 0) is 49.2 Å². The van der Waals surface area contributed by atoms with Crippen LogP contribution in [0.15, 0.2) is 46.9 Å². The van der Waals surface area contributed by atoms with Gasteiger partial charge in [0.05, 0.1) is 10.6 Å². The lowest BCUT2D eigenvalue weighted by atomic mass is 10.1. The van der Waals surface area contributed by atoms with Gasteiger partial charge in [-0.1, -0.05) is 29.8 Å². The number of rotatable bonds is 2. The first-order chi connectivity index (χ1) is 9.65. The molecular weight excluding hydrogens is 272 g/mol. The minimum atomic E-state index is 0.434. The molecule has 0 N–H and O–H groups in total. The smallest absolute Gasteiger partial charge is 0.249 e. The first kappa shape index (κ1) is 12.9. The molecule has 20 heavy (non-hydrogen) atoms. The molecule has 2 aromatic carbocycles. The summed E-state index contributed by atoms with van der Waals surface area (Å²) < 4.78 is 5.72. The number of hydrogen-bond acceptors (Lipinski definition) is 3. The van der Waals surface area contributed by atoms with Crippen molar-refractivity contribution in [2.45, 2.75) is 13.8 Å². The quantitative estimate of drug-likeness (QED) is 0.686. The summed E-state index contributed by atoms with van der Waals surface area (Å²) in [4.78, 5) is 0. The Morgan fingerprint density at radius 2 is 1.65 bits per heavy atom. The van der Waals surface area contributed by atoms with Crippen molar-refractivity contribution in [1.82, 2.24) is 10.2 Å². The predicted molar refractivity (Wildman–Crippen MR) is 79.7 cm³/mol. The van der Waals surface area contributed by atoms with Crippen LogP contribution in [0.4, 0.5) is 0 Å². The number of benzene rings is 2. The van der Waals surface area contributed by atoms with Gasteiger partial charge in [0, 0.05) is 5.56 Å². The van der Waals surface area contributed by atoms with Gasteiger partial charge in [-0.25, -0.2) is 0 Å². The second-order valence-corrected chi connectivity index (χ2v) is 5.10. The van der Waals surface area contributed by atoms with Crippen LogP contribution < -0.4 is 0 Å². The molecule has 3 rings (SSSR count). The van der Waals surface area contributed by atoms with Crippen LogP contribution in [0.25, 0.3) is 22.9 Å². The van der Waals surface area contributed by atoms with Crippen LogP contribution in [-0.4, -0.2) is 10.2 Å². The number of halogens is 1. The van der Waals surface area contributed by atoms with E-state index < -0.39 is 0 Å². The normalized spacial score (nSPS) is 10.8. The highest BCUT2D eigenvalue weighted by atomic mass is 35.5. The topological polar surface area (TPSA) is 38.9 Å². The lowest BCUT2D eigenvalue weighted by molar-refractivity contribution is 0.584. The van der Waals surface area contributed by atoms with Crippen molar-refractivity contribution < 1.29 is 4.42 Å².